The third-order valence-corrected chi connectivity index (χ3v) is 3.79. The lowest BCUT2D eigenvalue weighted by molar-refractivity contribution is 0.192. The summed E-state index contributed by atoms with van der Waals surface area (Å²) in [7, 11) is -4.31. The number of rotatable bonds is 4. The zero-order chi connectivity index (χ0) is 9.99. The molecule has 0 spiro atoms. The predicted octanol–water partition coefficient (Wildman–Crippen LogP) is -0.432. The van der Waals surface area contributed by atoms with Crippen LogP contribution in [0.4, 0.5) is 0 Å². The Bertz CT molecular complexity index is 238. The standard InChI is InChI=1S/C6H15NO4S/c1-3-6(7,5(2)4-8)12(9,10)11/h5,8H,3-4,7H2,1-2H3,(H,9,10,11). The quantitative estimate of drug-likeness (QED) is 0.531. The summed E-state index contributed by atoms with van der Waals surface area (Å²) >= 11 is 0. The van der Waals surface area contributed by atoms with E-state index in [1.165, 1.54) is 6.92 Å². The van der Waals surface area contributed by atoms with Crippen LogP contribution in [0.3, 0.4) is 0 Å². The summed E-state index contributed by atoms with van der Waals surface area (Å²) in [5.74, 6) is -0.683. The average Bonchev–Trinajstić information content (AvgIpc) is 1.99. The van der Waals surface area contributed by atoms with E-state index in [2.05, 4.69) is 0 Å². The van der Waals surface area contributed by atoms with Crippen LogP contribution >= 0.6 is 0 Å². The van der Waals surface area contributed by atoms with Crippen molar-refractivity contribution in [2.24, 2.45) is 11.7 Å². The van der Waals surface area contributed by atoms with E-state index >= 15 is 0 Å². The first-order valence-corrected chi connectivity index (χ1v) is 5.10. The summed E-state index contributed by atoms with van der Waals surface area (Å²) in [6.07, 6.45) is 0.0631. The number of nitrogens with two attached hydrogens (primary N) is 1. The van der Waals surface area contributed by atoms with Crippen LogP contribution < -0.4 is 5.73 Å². The van der Waals surface area contributed by atoms with E-state index < -0.39 is 20.9 Å². The van der Waals surface area contributed by atoms with Gasteiger partial charge in [0, 0.05) is 12.5 Å². The van der Waals surface area contributed by atoms with Crippen molar-refractivity contribution in [3.05, 3.63) is 0 Å². The molecule has 0 radical (unpaired) electrons. The first kappa shape index (κ1) is 11.8. The normalized spacial score (nSPS) is 20.1. The number of hydrogen-bond acceptors (Lipinski definition) is 4. The fourth-order valence-electron chi connectivity index (χ4n) is 0.940. The molecule has 0 heterocycles. The number of aliphatic hydroxyl groups is 1. The highest BCUT2D eigenvalue weighted by Gasteiger charge is 2.41. The lowest BCUT2D eigenvalue weighted by Crippen LogP contribution is -2.53. The lowest BCUT2D eigenvalue weighted by atomic mass is 10.0. The molecule has 6 heteroatoms. The number of hydrogen-bond donors (Lipinski definition) is 3. The van der Waals surface area contributed by atoms with Gasteiger partial charge in [-0.1, -0.05) is 13.8 Å². The molecule has 0 rings (SSSR count). The molecular formula is C6H15NO4S. The minimum absolute atomic E-state index is 0.0631. The fourth-order valence-corrected chi connectivity index (χ4v) is 1.89. The van der Waals surface area contributed by atoms with Crippen LogP contribution in [-0.2, 0) is 10.1 Å². The van der Waals surface area contributed by atoms with Crippen molar-refractivity contribution < 1.29 is 18.1 Å². The Kier molecular flexibility index (Phi) is 3.64. The van der Waals surface area contributed by atoms with Crippen LogP contribution in [-0.4, -0.2) is 29.6 Å². The Morgan fingerprint density at radius 3 is 2.08 bits per heavy atom. The van der Waals surface area contributed by atoms with E-state index in [1.807, 2.05) is 0 Å². The van der Waals surface area contributed by atoms with Crippen molar-refractivity contribution in [3.8, 4) is 0 Å². The summed E-state index contributed by atoms with van der Waals surface area (Å²) in [5, 5.41) is 8.71. The van der Waals surface area contributed by atoms with Gasteiger partial charge in [0.05, 0.1) is 0 Å². The fraction of sp³-hybridized carbons (Fsp3) is 1.00. The van der Waals surface area contributed by atoms with E-state index in [1.54, 1.807) is 6.92 Å². The molecule has 2 unspecified atom stereocenters. The Hall–Kier alpha value is -0.170. The molecule has 0 aliphatic rings. The number of aliphatic hydroxyl groups excluding tert-OH is 1. The van der Waals surface area contributed by atoms with Crippen LogP contribution in [0.25, 0.3) is 0 Å². The van der Waals surface area contributed by atoms with Crippen LogP contribution in [0.15, 0.2) is 0 Å². The van der Waals surface area contributed by atoms with Gasteiger partial charge in [0.15, 0.2) is 0 Å². The van der Waals surface area contributed by atoms with E-state index in [9.17, 15) is 8.42 Å². The molecule has 2 atom stereocenters. The molecule has 74 valence electrons. The van der Waals surface area contributed by atoms with Crippen molar-refractivity contribution in [2.45, 2.75) is 25.1 Å². The van der Waals surface area contributed by atoms with Gasteiger partial charge in [0.1, 0.15) is 4.87 Å². The molecule has 0 saturated carbocycles. The zero-order valence-electron chi connectivity index (χ0n) is 7.19. The summed E-state index contributed by atoms with van der Waals surface area (Å²) in [5.41, 5.74) is 5.43. The van der Waals surface area contributed by atoms with E-state index in [0.29, 0.717) is 0 Å². The Morgan fingerprint density at radius 2 is 2.00 bits per heavy atom. The Morgan fingerprint density at radius 1 is 1.58 bits per heavy atom. The Labute approximate surface area is 72.3 Å². The largest absolute Gasteiger partial charge is 0.396 e. The van der Waals surface area contributed by atoms with Crippen molar-refractivity contribution in [3.63, 3.8) is 0 Å². The molecule has 0 amide bonds. The second-order valence-electron chi connectivity index (χ2n) is 2.87. The predicted molar refractivity (Wildman–Crippen MR) is 45.0 cm³/mol. The molecule has 0 saturated heterocycles. The van der Waals surface area contributed by atoms with Crippen LogP contribution in [0.1, 0.15) is 20.3 Å². The van der Waals surface area contributed by atoms with Crippen molar-refractivity contribution >= 4 is 10.1 Å². The highest BCUT2D eigenvalue weighted by atomic mass is 32.2. The monoisotopic (exact) mass is 197 g/mol. The van der Waals surface area contributed by atoms with Gasteiger partial charge in [0.25, 0.3) is 10.1 Å². The SMILES string of the molecule is CCC(N)(C(C)CO)S(=O)(=O)O. The molecule has 0 aromatic heterocycles. The van der Waals surface area contributed by atoms with E-state index in [4.69, 9.17) is 15.4 Å². The molecule has 4 N–H and O–H groups in total. The summed E-state index contributed by atoms with van der Waals surface area (Å²) in [6, 6.07) is 0. The zero-order valence-corrected chi connectivity index (χ0v) is 8.00. The first-order valence-electron chi connectivity index (χ1n) is 3.66. The van der Waals surface area contributed by atoms with Gasteiger partial charge in [-0.15, -0.1) is 0 Å². The maximum absolute atomic E-state index is 10.8. The minimum Gasteiger partial charge on any atom is -0.396 e. The third-order valence-electron chi connectivity index (χ3n) is 2.14. The smallest absolute Gasteiger partial charge is 0.284 e. The molecule has 0 aliphatic carbocycles. The molecule has 5 nitrogen and oxygen atoms in total. The van der Waals surface area contributed by atoms with Crippen molar-refractivity contribution in [1.29, 1.82) is 0 Å². The summed E-state index contributed by atoms with van der Waals surface area (Å²) in [6.45, 7) is 2.64. The van der Waals surface area contributed by atoms with Gasteiger partial charge in [-0.25, -0.2) is 0 Å². The van der Waals surface area contributed by atoms with Gasteiger partial charge < -0.3 is 10.8 Å². The van der Waals surface area contributed by atoms with Crippen LogP contribution in [0.5, 0.6) is 0 Å². The third kappa shape index (κ3) is 1.95. The van der Waals surface area contributed by atoms with E-state index in [0.717, 1.165) is 0 Å². The average molecular weight is 197 g/mol. The topological polar surface area (TPSA) is 101 Å². The maximum Gasteiger partial charge on any atom is 0.284 e. The van der Waals surface area contributed by atoms with Gasteiger partial charge in [-0.2, -0.15) is 8.42 Å². The van der Waals surface area contributed by atoms with Gasteiger partial charge in [-0.05, 0) is 6.42 Å². The molecule has 0 aromatic rings. The summed E-state index contributed by atoms with van der Waals surface area (Å²) < 4.78 is 30.4. The summed E-state index contributed by atoms with van der Waals surface area (Å²) in [4.78, 5) is -1.73. The second kappa shape index (κ2) is 3.69. The van der Waals surface area contributed by atoms with Gasteiger partial charge in [-0.3, -0.25) is 4.55 Å². The molecule has 0 aliphatic heterocycles. The molecule has 0 aromatic carbocycles. The van der Waals surface area contributed by atoms with E-state index in [-0.39, 0.29) is 13.0 Å². The Balaban J connectivity index is 4.94. The van der Waals surface area contributed by atoms with Gasteiger partial charge in [0.2, 0.25) is 0 Å². The lowest BCUT2D eigenvalue weighted by Gasteiger charge is -2.29. The minimum atomic E-state index is -4.31. The molecular weight excluding hydrogens is 182 g/mol. The molecule has 0 bridgehead atoms. The van der Waals surface area contributed by atoms with Crippen LogP contribution in [0.2, 0.25) is 0 Å². The second-order valence-corrected chi connectivity index (χ2v) is 4.58. The first-order chi connectivity index (χ1) is 5.29. The van der Waals surface area contributed by atoms with Gasteiger partial charge >= 0.3 is 0 Å². The van der Waals surface area contributed by atoms with Crippen LogP contribution in [0, 0.1) is 5.92 Å². The highest BCUT2D eigenvalue weighted by molar-refractivity contribution is 7.87. The molecule has 0 fully saturated rings. The molecule has 12 heavy (non-hydrogen) atoms. The maximum atomic E-state index is 10.8. The van der Waals surface area contributed by atoms with Crippen molar-refractivity contribution in [2.75, 3.05) is 6.61 Å². The van der Waals surface area contributed by atoms with Crippen molar-refractivity contribution in [1.82, 2.24) is 0 Å². The highest BCUT2D eigenvalue weighted by Crippen LogP contribution is 2.23.